The second-order valence-corrected chi connectivity index (χ2v) is 8.18. The van der Waals surface area contributed by atoms with Crippen molar-refractivity contribution in [3.8, 4) is 0 Å². The maximum atomic E-state index is 11.7. The standard InChI is InChI=1S/C22H26N6O6/c1-11(29)18-16(32)17(33)21(34-18)28-10-25-15-19(23)26-22(27-20(15)28)24-9-8-13-4-2-12(3-5-13)6-7-14(30)31/h2-5,10,16-18,21,32-33H,6-9H2,1H3,(H,30,31)(H3,23,24,26,27)/t16?,17-,18+,21+/m0/s1. The van der Waals surface area contributed by atoms with Crippen molar-refractivity contribution in [2.24, 2.45) is 0 Å². The molecule has 0 saturated carbocycles. The largest absolute Gasteiger partial charge is 0.481 e. The summed E-state index contributed by atoms with van der Waals surface area (Å²) in [5, 5.41) is 32.4. The number of ether oxygens (including phenoxy) is 1. The third-order valence-corrected chi connectivity index (χ3v) is 5.71. The van der Waals surface area contributed by atoms with E-state index in [9.17, 15) is 19.8 Å². The second-order valence-electron chi connectivity index (χ2n) is 8.18. The molecule has 12 heteroatoms. The lowest BCUT2D eigenvalue weighted by molar-refractivity contribution is -0.137. The summed E-state index contributed by atoms with van der Waals surface area (Å²) in [4.78, 5) is 35.2. The fourth-order valence-corrected chi connectivity index (χ4v) is 3.87. The van der Waals surface area contributed by atoms with Crippen LogP contribution in [0.3, 0.4) is 0 Å². The van der Waals surface area contributed by atoms with E-state index in [2.05, 4.69) is 20.3 Å². The molecule has 2 aromatic heterocycles. The average Bonchev–Trinajstić information content (AvgIpc) is 3.34. The quantitative estimate of drug-likeness (QED) is 0.289. The molecular weight excluding hydrogens is 444 g/mol. The van der Waals surface area contributed by atoms with Crippen molar-refractivity contribution in [2.45, 2.75) is 50.7 Å². The molecule has 12 nitrogen and oxygen atoms in total. The topological polar surface area (TPSA) is 186 Å². The molecule has 1 aliphatic rings. The summed E-state index contributed by atoms with van der Waals surface area (Å²) in [5.41, 5.74) is 8.65. The molecule has 1 saturated heterocycles. The lowest BCUT2D eigenvalue weighted by Crippen LogP contribution is -2.34. The number of Topliss-reactive ketones (excluding diaryl/α,β-unsaturated/α-hetero) is 1. The molecule has 34 heavy (non-hydrogen) atoms. The highest BCUT2D eigenvalue weighted by molar-refractivity contribution is 5.83. The minimum absolute atomic E-state index is 0.0933. The molecule has 3 heterocycles. The molecule has 1 fully saturated rings. The molecule has 1 aliphatic heterocycles. The number of anilines is 2. The Morgan fingerprint density at radius 2 is 1.79 bits per heavy atom. The number of ketones is 1. The minimum Gasteiger partial charge on any atom is -0.481 e. The number of aliphatic hydroxyl groups is 2. The Morgan fingerprint density at radius 3 is 2.41 bits per heavy atom. The summed E-state index contributed by atoms with van der Waals surface area (Å²) in [7, 11) is 0. The average molecular weight is 470 g/mol. The number of aliphatic hydroxyl groups excluding tert-OH is 2. The molecule has 4 rings (SSSR count). The van der Waals surface area contributed by atoms with Gasteiger partial charge < -0.3 is 31.1 Å². The smallest absolute Gasteiger partial charge is 0.303 e. The van der Waals surface area contributed by atoms with Gasteiger partial charge >= 0.3 is 5.97 Å². The lowest BCUT2D eigenvalue weighted by atomic mass is 10.1. The van der Waals surface area contributed by atoms with Gasteiger partial charge in [-0.15, -0.1) is 0 Å². The summed E-state index contributed by atoms with van der Waals surface area (Å²) in [6.45, 7) is 1.78. The monoisotopic (exact) mass is 470 g/mol. The Hall–Kier alpha value is -3.61. The van der Waals surface area contributed by atoms with Gasteiger partial charge in [0.15, 0.2) is 23.5 Å². The van der Waals surface area contributed by atoms with Crippen LogP contribution in [0.25, 0.3) is 11.2 Å². The van der Waals surface area contributed by atoms with Crippen molar-refractivity contribution in [3.63, 3.8) is 0 Å². The Kier molecular flexibility index (Phi) is 6.72. The number of carbonyl (C=O) groups excluding carboxylic acids is 1. The van der Waals surface area contributed by atoms with E-state index in [4.69, 9.17) is 15.6 Å². The number of imidazole rings is 1. The highest BCUT2D eigenvalue weighted by atomic mass is 16.6. The van der Waals surface area contributed by atoms with Crippen LogP contribution in [0.4, 0.5) is 11.8 Å². The minimum atomic E-state index is -1.37. The number of rotatable bonds is 9. The van der Waals surface area contributed by atoms with Gasteiger partial charge in [-0.2, -0.15) is 9.97 Å². The van der Waals surface area contributed by atoms with Gasteiger partial charge in [0.1, 0.15) is 23.8 Å². The summed E-state index contributed by atoms with van der Waals surface area (Å²) in [5.74, 6) is -0.842. The number of benzene rings is 1. The number of aliphatic carboxylic acids is 1. The number of hydrogen-bond donors (Lipinski definition) is 5. The van der Waals surface area contributed by atoms with E-state index in [1.165, 1.54) is 17.8 Å². The van der Waals surface area contributed by atoms with Crippen LogP contribution in [0.1, 0.15) is 30.7 Å². The van der Waals surface area contributed by atoms with E-state index in [0.29, 0.717) is 30.6 Å². The predicted molar refractivity (Wildman–Crippen MR) is 121 cm³/mol. The number of aromatic nitrogens is 4. The van der Waals surface area contributed by atoms with E-state index in [1.54, 1.807) is 0 Å². The summed E-state index contributed by atoms with van der Waals surface area (Å²) in [6, 6.07) is 7.71. The second kappa shape index (κ2) is 9.71. The highest BCUT2D eigenvalue weighted by Gasteiger charge is 2.46. The van der Waals surface area contributed by atoms with Crippen molar-refractivity contribution >= 4 is 34.7 Å². The van der Waals surface area contributed by atoms with Gasteiger partial charge in [-0.3, -0.25) is 14.2 Å². The third-order valence-electron chi connectivity index (χ3n) is 5.71. The van der Waals surface area contributed by atoms with Crippen molar-refractivity contribution < 1.29 is 29.6 Å². The van der Waals surface area contributed by atoms with Gasteiger partial charge in [0, 0.05) is 13.0 Å². The third kappa shape index (κ3) is 4.83. The summed E-state index contributed by atoms with van der Waals surface area (Å²) >= 11 is 0. The highest BCUT2D eigenvalue weighted by Crippen LogP contribution is 2.32. The molecule has 4 atom stereocenters. The van der Waals surface area contributed by atoms with Crippen LogP contribution in [-0.2, 0) is 27.2 Å². The zero-order valence-electron chi connectivity index (χ0n) is 18.5. The number of fused-ring (bicyclic) bond motifs is 1. The van der Waals surface area contributed by atoms with Crippen molar-refractivity contribution in [1.29, 1.82) is 0 Å². The first-order valence-corrected chi connectivity index (χ1v) is 10.8. The van der Waals surface area contributed by atoms with E-state index in [1.807, 2.05) is 24.3 Å². The van der Waals surface area contributed by atoms with Gasteiger partial charge in [0.2, 0.25) is 5.95 Å². The van der Waals surface area contributed by atoms with Crippen LogP contribution in [0, 0.1) is 0 Å². The molecule has 6 N–H and O–H groups in total. The van der Waals surface area contributed by atoms with E-state index in [0.717, 1.165) is 11.1 Å². The summed E-state index contributed by atoms with van der Waals surface area (Å²) in [6.07, 6.45) is -2.32. The fourth-order valence-electron chi connectivity index (χ4n) is 3.87. The zero-order chi connectivity index (χ0) is 24.4. The number of hydrogen-bond acceptors (Lipinski definition) is 10. The molecule has 0 spiro atoms. The predicted octanol–water partition coefficient (Wildman–Crippen LogP) is 0.289. The first kappa shape index (κ1) is 23.5. The fraction of sp³-hybridized carbons (Fsp3) is 0.409. The maximum absolute atomic E-state index is 11.7. The SMILES string of the molecule is CC(=O)[C@H]1O[C@@H](n2cnc3c(N)nc(NCCc4ccc(CCC(=O)O)cc4)nc32)[C@@H](O)C1O. The molecule has 0 amide bonds. The lowest BCUT2D eigenvalue weighted by Gasteiger charge is -2.16. The van der Waals surface area contributed by atoms with Crippen LogP contribution >= 0.6 is 0 Å². The van der Waals surface area contributed by atoms with E-state index < -0.39 is 36.3 Å². The molecule has 3 aromatic rings. The molecule has 180 valence electrons. The number of nitrogens with zero attached hydrogens (tertiary/aromatic N) is 4. The molecule has 1 aromatic carbocycles. The molecule has 0 aliphatic carbocycles. The Labute approximate surface area is 194 Å². The molecule has 0 radical (unpaired) electrons. The van der Waals surface area contributed by atoms with Gasteiger partial charge in [-0.1, -0.05) is 24.3 Å². The molecule has 0 bridgehead atoms. The number of carboxylic acids is 1. The van der Waals surface area contributed by atoms with Crippen LogP contribution in [-0.4, -0.2) is 71.4 Å². The zero-order valence-corrected chi connectivity index (χ0v) is 18.5. The van der Waals surface area contributed by atoms with E-state index in [-0.39, 0.29) is 18.2 Å². The number of carbonyl (C=O) groups is 2. The van der Waals surface area contributed by atoms with Crippen LogP contribution in [0.15, 0.2) is 30.6 Å². The molecular formula is C22H26N6O6. The first-order valence-electron chi connectivity index (χ1n) is 10.8. The number of nitrogens with two attached hydrogens (primary N) is 1. The Bertz CT molecular complexity index is 1200. The Morgan fingerprint density at radius 1 is 1.12 bits per heavy atom. The van der Waals surface area contributed by atoms with Gasteiger partial charge in [-0.25, -0.2) is 4.98 Å². The van der Waals surface area contributed by atoms with E-state index >= 15 is 0 Å². The van der Waals surface area contributed by atoms with Crippen molar-refractivity contribution in [1.82, 2.24) is 19.5 Å². The number of carboxylic acid groups (broad SMARTS) is 1. The van der Waals surface area contributed by atoms with Gasteiger partial charge in [-0.05, 0) is 30.9 Å². The normalized spacial score (nSPS) is 22.2. The Balaban J connectivity index is 1.45. The van der Waals surface area contributed by atoms with Gasteiger partial charge in [0.05, 0.1) is 6.33 Å². The first-order chi connectivity index (χ1) is 16.2. The van der Waals surface area contributed by atoms with Crippen molar-refractivity contribution in [3.05, 3.63) is 41.7 Å². The van der Waals surface area contributed by atoms with Gasteiger partial charge in [0.25, 0.3) is 0 Å². The van der Waals surface area contributed by atoms with Crippen LogP contribution in [0.2, 0.25) is 0 Å². The molecule has 1 unspecified atom stereocenters. The van der Waals surface area contributed by atoms with Crippen LogP contribution < -0.4 is 11.1 Å². The number of nitrogens with one attached hydrogen (secondary N) is 1. The number of aryl methyl sites for hydroxylation is 1. The van der Waals surface area contributed by atoms with Crippen LogP contribution in [0.5, 0.6) is 0 Å². The summed E-state index contributed by atoms with van der Waals surface area (Å²) < 4.78 is 7.00. The maximum Gasteiger partial charge on any atom is 0.303 e. The van der Waals surface area contributed by atoms with Crippen molar-refractivity contribution in [2.75, 3.05) is 17.6 Å². The number of nitrogen functional groups attached to an aromatic ring is 1.